The van der Waals surface area contributed by atoms with Gasteiger partial charge in [0, 0.05) is 43.2 Å². The van der Waals surface area contributed by atoms with Gasteiger partial charge in [0.25, 0.3) is 0 Å². The molecule has 4 bridgehead atoms. The minimum Gasteiger partial charge on any atom is -0.354 e. The summed E-state index contributed by atoms with van der Waals surface area (Å²) in [6.07, 6.45) is 10.6. The van der Waals surface area contributed by atoms with E-state index in [2.05, 4.69) is 24.5 Å². The van der Waals surface area contributed by atoms with Crippen molar-refractivity contribution in [3.8, 4) is 0 Å². The molecule has 0 unspecified atom stereocenters. The molecule has 0 radical (unpaired) electrons. The third-order valence-electron chi connectivity index (χ3n) is 8.69. The van der Waals surface area contributed by atoms with Gasteiger partial charge in [-0.1, -0.05) is 0 Å². The first kappa shape index (κ1) is 20.2. The highest BCUT2D eigenvalue weighted by atomic mass is 17.3. The van der Waals surface area contributed by atoms with Gasteiger partial charge in [-0.05, 0) is 83.6 Å². The molecule has 1 heterocycles. The zero-order valence-electron chi connectivity index (χ0n) is 18.3. The van der Waals surface area contributed by atoms with Crippen LogP contribution in [-0.4, -0.2) is 36.6 Å². The molecule has 2 spiro atoms. The summed E-state index contributed by atoms with van der Waals surface area (Å²) in [5.74, 6) is 2.29. The molecule has 1 amide bonds. The van der Waals surface area contributed by atoms with Gasteiger partial charge in [0.05, 0.1) is 0 Å². The van der Waals surface area contributed by atoms with Gasteiger partial charge in [-0.25, -0.2) is 0 Å². The Morgan fingerprint density at radius 1 is 1.00 bits per heavy atom. The molecule has 164 valence electrons. The molecule has 6 nitrogen and oxygen atoms in total. The van der Waals surface area contributed by atoms with E-state index in [4.69, 9.17) is 14.5 Å². The molecule has 0 aromatic rings. The van der Waals surface area contributed by atoms with E-state index in [9.17, 15) is 4.79 Å². The average molecular weight is 407 g/mol. The second-order valence-corrected chi connectivity index (χ2v) is 11.3. The number of carbonyl (C=O) groups excluding carboxylic acids is 1. The lowest BCUT2D eigenvalue weighted by Crippen LogP contribution is -2.59. The number of hydrogen-bond donors (Lipinski definition) is 2. The normalized spacial score (nSPS) is 46.0. The molecule has 0 aromatic heterocycles. The summed E-state index contributed by atoms with van der Waals surface area (Å²) >= 11 is 0. The maximum absolute atomic E-state index is 12.4. The summed E-state index contributed by atoms with van der Waals surface area (Å²) in [7, 11) is 1.92. The Morgan fingerprint density at radius 2 is 1.62 bits per heavy atom. The minimum absolute atomic E-state index is 0.0812. The number of rotatable bonds is 5. The van der Waals surface area contributed by atoms with Crippen molar-refractivity contribution < 1.29 is 19.3 Å². The zero-order chi connectivity index (χ0) is 20.3. The number of amides is 1. The van der Waals surface area contributed by atoms with Gasteiger partial charge in [-0.3, -0.25) is 4.79 Å². The maximum atomic E-state index is 12.4. The second kappa shape index (κ2) is 7.18. The van der Waals surface area contributed by atoms with Gasteiger partial charge >= 0.3 is 0 Å². The largest absolute Gasteiger partial charge is 0.354 e. The predicted octanol–water partition coefficient (Wildman–Crippen LogP) is 3.51. The van der Waals surface area contributed by atoms with Crippen molar-refractivity contribution >= 4 is 5.91 Å². The van der Waals surface area contributed by atoms with Crippen LogP contribution in [0, 0.1) is 29.6 Å². The molecule has 6 fully saturated rings. The van der Waals surface area contributed by atoms with Crippen LogP contribution in [0.5, 0.6) is 0 Å². The molecule has 0 atom stereocenters. The van der Waals surface area contributed by atoms with Gasteiger partial charge in [0.2, 0.25) is 17.5 Å². The molecule has 0 aromatic carbocycles. The van der Waals surface area contributed by atoms with E-state index in [1.54, 1.807) is 0 Å². The highest BCUT2D eigenvalue weighted by Gasteiger charge is 2.66. The van der Waals surface area contributed by atoms with Crippen molar-refractivity contribution in [1.82, 2.24) is 10.6 Å². The smallest absolute Gasteiger partial charge is 0.220 e. The first-order valence-electron chi connectivity index (χ1n) is 11.8. The Balaban J connectivity index is 1.14. The SMILES string of the molecule is CNC(C)(C)CNC(=O)CC1CCC2(CC1)OOC1(O2)C2CC3CC(C2)CC1C3. The van der Waals surface area contributed by atoms with Crippen molar-refractivity contribution in [3.05, 3.63) is 0 Å². The topological polar surface area (TPSA) is 68.8 Å². The molecule has 5 aliphatic carbocycles. The van der Waals surface area contributed by atoms with Gasteiger partial charge in [0.1, 0.15) is 0 Å². The lowest BCUT2D eigenvalue weighted by atomic mass is 9.53. The number of carbonyl (C=O) groups is 1. The van der Waals surface area contributed by atoms with Crippen LogP contribution in [-0.2, 0) is 19.3 Å². The third kappa shape index (κ3) is 3.64. The maximum Gasteiger partial charge on any atom is 0.220 e. The van der Waals surface area contributed by atoms with Crippen LogP contribution >= 0.6 is 0 Å². The third-order valence-corrected chi connectivity index (χ3v) is 8.69. The Bertz CT molecular complexity index is 613. The van der Waals surface area contributed by atoms with Gasteiger partial charge in [0.15, 0.2) is 0 Å². The molecule has 1 saturated heterocycles. The fourth-order valence-electron chi connectivity index (χ4n) is 6.86. The first-order chi connectivity index (χ1) is 13.8. The van der Waals surface area contributed by atoms with Crippen LogP contribution in [0.15, 0.2) is 0 Å². The van der Waals surface area contributed by atoms with E-state index < -0.39 is 11.6 Å². The quantitative estimate of drug-likeness (QED) is 0.684. The van der Waals surface area contributed by atoms with Gasteiger partial charge < -0.3 is 15.4 Å². The summed E-state index contributed by atoms with van der Waals surface area (Å²) in [6.45, 7) is 4.82. The number of hydrogen-bond acceptors (Lipinski definition) is 5. The Hall–Kier alpha value is -0.690. The van der Waals surface area contributed by atoms with Crippen molar-refractivity contribution in [2.75, 3.05) is 13.6 Å². The molecule has 6 rings (SSSR count). The van der Waals surface area contributed by atoms with E-state index in [1.165, 1.54) is 32.1 Å². The highest BCUT2D eigenvalue weighted by Crippen LogP contribution is 2.63. The van der Waals surface area contributed by atoms with Crippen LogP contribution in [0.4, 0.5) is 0 Å². The van der Waals surface area contributed by atoms with E-state index >= 15 is 0 Å². The van der Waals surface area contributed by atoms with Crippen LogP contribution < -0.4 is 10.6 Å². The van der Waals surface area contributed by atoms with Crippen LogP contribution in [0.3, 0.4) is 0 Å². The standard InChI is InChI=1S/C23H38N2O4/c1-21(2,24-3)14-25-20(26)13-15-4-6-22(7-5-15)27-23(29-28-22)18-9-16-8-17(11-18)12-19(23)10-16/h15-19,24H,4-14H2,1-3H3,(H,25,26). The summed E-state index contributed by atoms with van der Waals surface area (Å²) < 4.78 is 6.76. The van der Waals surface area contributed by atoms with Gasteiger partial charge in [-0.15, -0.1) is 0 Å². The molecule has 29 heavy (non-hydrogen) atoms. The summed E-state index contributed by atoms with van der Waals surface area (Å²) in [5, 5.41) is 6.30. The lowest BCUT2D eigenvalue weighted by Gasteiger charge is -2.57. The zero-order valence-corrected chi connectivity index (χ0v) is 18.3. The summed E-state index contributed by atoms with van der Waals surface area (Å²) in [6, 6.07) is 0. The first-order valence-corrected chi connectivity index (χ1v) is 11.8. The Labute approximate surface area is 174 Å². The number of nitrogens with one attached hydrogen (secondary N) is 2. The fraction of sp³-hybridized carbons (Fsp3) is 0.957. The molecular weight excluding hydrogens is 368 g/mol. The van der Waals surface area contributed by atoms with E-state index in [0.29, 0.717) is 30.7 Å². The Kier molecular flexibility index (Phi) is 5.01. The Morgan fingerprint density at radius 3 is 2.21 bits per heavy atom. The molecule has 5 saturated carbocycles. The van der Waals surface area contributed by atoms with Gasteiger partial charge in [-0.2, -0.15) is 9.78 Å². The number of likely N-dealkylation sites (N-methyl/N-ethyl adjacent to an activating group) is 1. The summed E-state index contributed by atoms with van der Waals surface area (Å²) in [5.41, 5.74) is -0.0812. The molecule has 6 aliphatic rings. The van der Waals surface area contributed by atoms with E-state index in [0.717, 1.165) is 37.5 Å². The van der Waals surface area contributed by atoms with Crippen molar-refractivity contribution in [2.45, 2.75) is 95.2 Å². The van der Waals surface area contributed by atoms with Crippen molar-refractivity contribution in [1.29, 1.82) is 0 Å². The average Bonchev–Trinajstić information content (AvgIpc) is 3.07. The van der Waals surface area contributed by atoms with Crippen LogP contribution in [0.25, 0.3) is 0 Å². The molecule has 2 N–H and O–H groups in total. The van der Waals surface area contributed by atoms with E-state index in [-0.39, 0.29) is 11.4 Å². The predicted molar refractivity (Wildman–Crippen MR) is 108 cm³/mol. The lowest BCUT2D eigenvalue weighted by molar-refractivity contribution is -0.390. The van der Waals surface area contributed by atoms with E-state index in [1.807, 2.05) is 7.05 Å². The van der Waals surface area contributed by atoms with Crippen molar-refractivity contribution in [3.63, 3.8) is 0 Å². The number of ether oxygens (including phenoxy) is 1. The molecule has 1 aliphatic heterocycles. The second-order valence-electron chi connectivity index (χ2n) is 11.3. The van der Waals surface area contributed by atoms with Crippen LogP contribution in [0.1, 0.15) is 78.1 Å². The fourth-order valence-corrected chi connectivity index (χ4v) is 6.86. The molecular formula is C23H38N2O4. The van der Waals surface area contributed by atoms with Crippen LogP contribution in [0.2, 0.25) is 0 Å². The molecule has 6 heteroatoms. The summed E-state index contributed by atoms with van der Waals surface area (Å²) in [4.78, 5) is 24.5. The highest BCUT2D eigenvalue weighted by molar-refractivity contribution is 5.76. The monoisotopic (exact) mass is 406 g/mol. The van der Waals surface area contributed by atoms with Crippen molar-refractivity contribution in [2.24, 2.45) is 29.6 Å². The minimum atomic E-state index is -0.573.